The van der Waals surface area contributed by atoms with Gasteiger partial charge < -0.3 is 5.32 Å². The Labute approximate surface area is 155 Å². The second kappa shape index (κ2) is 8.03. The molecular weight excluding hydrogens is 380 g/mol. The number of benzene rings is 2. The van der Waals surface area contributed by atoms with Gasteiger partial charge in [-0.05, 0) is 31.2 Å². The largest absolute Gasteiger partial charge is 0.378 e. The number of nitro groups is 1. The first-order valence-corrected chi connectivity index (χ1v) is 9.30. The summed E-state index contributed by atoms with van der Waals surface area (Å²) < 4.78 is 27.3. The number of sulfonamides is 1. The van der Waals surface area contributed by atoms with Gasteiger partial charge in [0.25, 0.3) is 15.7 Å². The van der Waals surface area contributed by atoms with Gasteiger partial charge in [-0.25, -0.2) is 8.42 Å². The number of anilines is 2. The van der Waals surface area contributed by atoms with E-state index >= 15 is 0 Å². The molecule has 2 N–H and O–H groups in total. The molecule has 2 aromatic rings. The summed E-state index contributed by atoms with van der Waals surface area (Å²) in [5.41, 5.74) is -0.104. The van der Waals surface area contributed by atoms with Crippen LogP contribution in [0, 0.1) is 27.4 Å². The molecule has 0 fully saturated rings. The number of hydrogen-bond acceptors (Lipinski definition) is 6. The van der Waals surface area contributed by atoms with Crippen LogP contribution in [0.5, 0.6) is 0 Å². The quantitative estimate of drug-likeness (QED) is 0.545. The van der Waals surface area contributed by atoms with E-state index in [0.717, 1.165) is 6.07 Å². The smallest absolute Gasteiger partial charge is 0.293 e. The number of nitro benzene ring substituents is 1. The van der Waals surface area contributed by atoms with Crippen LogP contribution in [0.4, 0.5) is 17.1 Å². The highest BCUT2D eigenvalue weighted by atomic mass is 35.5. The van der Waals surface area contributed by atoms with E-state index in [1.165, 1.54) is 24.3 Å². The Morgan fingerprint density at radius 1 is 1.27 bits per heavy atom. The minimum absolute atomic E-state index is 0.133. The van der Waals surface area contributed by atoms with Crippen LogP contribution in [0.2, 0.25) is 5.02 Å². The van der Waals surface area contributed by atoms with Gasteiger partial charge >= 0.3 is 0 Å². The molecule has 0 bridgehead atoms. The van der Waals surface area contributed by atoms with Crippen molar-refractivity contribution in [3.8, 4) is 6.07 Å². The maximum absolute atomic E-state index is 12.5. The molecule has 0 spiro atoms. The maximum atomic E-state index is 12.5. The molecular formula is C16H15ClN4O4S. The molecule has 0 saturated heterocycles. The minimum atomic E-state index is -4.06. The third kappa shape index (κ3) is 4.62. The average Bonchev–Trinajstić information content (AvgIpc) is 2.61. The first-order valence-electron chi connectivity index (χ1n) is 7.44. The van der Waals surface area contributed by atoms with Crippen molar-refractivity contribution in [2.45, 2.75) is 11.8 Å². The number of nitrogens with one attached hydrogen (secondary N) is 2. The minimum Gasteiger partial charge on any atom is -0.378 e. The molecule has 0 aliphatic carbocycles. The lowest BCUT2D eigenvalue weighted by atomic mass is 10.2. The van der Waals surface area contributed by atoms with Crippen LogP contribution in [0.3, 0.4) is 0 Å². The molecule has 0 radical (unpaired) electrons. The van der Waals surface area contributed by atoms with Crippen LogP contribution < -0.4 is 10.0 Å². The monoisotopic (exact) mass is 394 g/mol. The van der Waals surface area contributed by atoms with E-state index in [0.29, 0.717) is 0 Å². The first-order chi connectivity index (χ1) is 12.2. The summed E-state index contributed by atoms with van der Waals surface area (Å²) in [4.78, 5) is 10.3. The molecule has 2 rings (SSSR count). The van der Waals surface area contributed by atoms with Crippen LogP contribution in [0.1, 0.15) is 6.92 Å². The van der Waals surface area contributed by atoms with Gasteiger partial charge in [0.05, 0.1) is 32.5 Å². The van der Waals surface area contributed by atoms with E-state index in [1.54, 1.807) is 19.1 Å². The molecule has 0 saturated carbocycles. The molecule has 136 valence electrons. The van der Waals surface area contributed by atoms with E-state index < -0.39 is 20.6 Å². The maximum Gasteiger partial charge on any atom is 0.293 e. The summed E-state index contributed by atoms with van der Waals surface area (Å²) in [6.07, 6.45) is 0. The molecule has 2 aromatic carbocycles. The van der Waals surface area contributed by atoms with E-state index in [9.17, 15) is 18.5 Å². The summed E-state index contributed by atoms with van der Waals surface area (Å²) in [6.45, 7) is 1.85. The highest BCUT2D eigenvalue weighted by Gasteiger charge is 2.22. The number of rotatable bonds is 7. The fourth-order valence-electron chi connectivity index (χ4n) is 2.04. The molecule has 0 aromatic heterocycles. The van der Waals surface area contributed by atoms with Gasteiger partial charge in [0.1, 0.15) is 5.69 Å². The van der Waals surface area contributed by atoms with Gasteiger partial charge in [0, 0.05) is 12.6 Å². The zero-order valence-corrected chi connectivity index (χ0v) is 15.2. The van der Waals surface area contributed by atoms with Gasteiger partial charge in [-0.2, -0.15) is 5.26 Å². The zero-order chi connectivity index (χ0) is 19.3. The Bertz CT molecular complexity index is 972. The fraction of sp³-hybridized carbons (Fsp3) is 0.188. The van der Waals surface area contributed by atoms with Crippen LogP contribution in [-0.2, 0) is 10.0 Å². The third-order valence-electron chi connectivity index (χ3n) is 3.41. The van der Waals surface area contributed by atoms with Crippen molar-refractivity contribution in [2.24, 2.45) is 5.92 Å². The SMILES string of the molecule is C[C@H](C#N)CNc1ccc(S(=O)(=O)Nc2ccccc2Cl)cc1[N+](=O)[O-]. The predicted octanol–water partition coefficient (Wildman–Crippen LogP) is 3.62. The molecule has 0 unspecified atom stereocenters. The predicted molar refractivity (Wildman–Crippen MR) is 98.6 cm³/mol. The van der Waals surface area contributed by atoms with Crippen LogP contribution in [0.25, 0.3) is 0 Å². The summed E-state index contributed by atoms with van der Waals surface area (Å²) in [5.74, 6) is -0.361. The van der Waals surface area contributed by atoms with Gasteiger partial charge in [-0.3, -0.25) is 14.8 Å². The topological polar surface area (TPSA) is 125 Å². The number of nitriles is 1. The summed E-state index contributed by atoms with van der Waals surface area (Å²) in [7, 11) is -4.06. The number of hydrogen-bond donors (Lipinski definition) is 2. The zero-order valence-electron chi connectivity index (χ0n) is 13.6. The van der Waals surface area contributed by atoms with E-state index in [2.05, 4.69) is 10.0 Å². The van der Waals surface area contributed by atoms with Crippen molar-refractivity contribution in [1.29, 1.82) is 5.26 Å². The first kappa shape index (κ1) is 19.5. The second-order valence-electron chi connectivity index (χ2n) is 5.43. The summed E-state index contributed by atoms with van der Waals surface area (Å²) in [5, 5.41) is 23.1. The fourth-order valence-corrected chi connectivity index (χ4v) is 3.37. The Morgan fingerprint density at radius 2 is 1.96 bits per heavy atom. The van der Waals surface area contributed by atoms with Crippen molar-refractivity contribution in [1.82, 2.24) is 0 Å². The van der Waals surface area contributed by atoms with Gasteiger partial charge in [-0.15, -0.1) is 0 Å². The van der Waals surface area contributed by atoms with Crippen LogP contribution in [0.15, 0.2) is 47.4 Å². The number of nitrogens with zero attached hydrogens (tertiary/aromatic N) is 2. The van der Waals surface area contributed by atoms with Crippen molar-refractivity contribution in [2.75, 3.05) is 16.6 Å². The van der Waals surface area contributed by atoms with Crippen molar-refractivity contribution >= 4 is 38.7 Å². The Kier molecular flexibility index (Phi) is 6.02. The lowest BCUT2D eigenvalue weighted by Gasteiger charge is -2.12. The third-order valence-corrected chi connectivity index (χ3v) is 5.11. The Balaban J connectivity index is 2.35. The molecule has 0 aliphatic heterocycles. The van der Waals surface area contributed by atoms with E-state index in [1.807, 2.05) is 6.07 Å². The number of para-hydroxylation sites is 1. The Hall–Kier alpha value is -2.83. The highest BCUT2D eigenvalue weighted by molar-refractivity contribution is 7.92. The van der Waals surface area contributed by atoms with Crippen LogP contribution in [-0.4, -0.2) is 19.9 Å². The molecule has 0 heterocycles. The molecule has 26 heavy (non-hydrogen) atoms. The van der Waals surface area contributed by atoms with Crippen molar-refractivity contribution in [3.63, 3.8) is 0 Å². The molecule has 0 amide bonds. The van der Waals surface area contributed by atoms with Gasteiger partial charge in [-0.1, -0.05) is 23.7 Å². The normalized spacial score (nSPS) is 12.0. The van der Waals surface area contributed by atoms with E-state index in [4.69, 9.17) is 16.9 Å². The summed E-state index contributed by atoms with van der Waals surface area (Å²) >= 11 is 5.94. The van der Waals surface area contributed by atoms with Crippen LogP contribution >= 0.6 is 11.6 Å². The Morgan fingerprint density at radius 3 is 2.58 bits per heavy atom. The van der Waals surface area contributed by atoms with Gasteiger partial charge in [0.15, 0.2) is 0 Å². The molecule has 10 heteroatoms. The molecule has 0 aliphatic rings. The molecule has 1 atom stereocenters. The lowest BCUT2D eigenvalue weighted by molar-refractivity contribution is -0.384. The van der Waals surface area contributed by atoms with E-state index in [-0.39, 0.29) is 33.8 Å². The standard InChI is InChI=1S/C16H15ClN4O4S/c1-11(9-18)10-19-15-7-6-12(8-16(15)21(22)23)26(24,25)20-14-5-3-2-4-13(14)17/h2-8,11,19-20H,10H2,1H3/t11-/m1/s1. The average molecular weight is 395 g/mol. The number of halogens is 1. The lowest BCUT2D eigenvalue weighted by Crippen LogP contribution is -2.15. The molecule has 8 nitrogen and oxygen atoms in total. The van der Waals surface area contributed by atoms with Crippen molar-refractivity contribution in [3.05, 3.63) is 57.6 Å². The second-order valence-corrected chi connectivity index (χ2v) is 7.52. The summed E-state index contributed by atoms with van der Waals surface area (Å²) in [6, 6.07) is 11.7. The van der Waals surface area contributed by atoms with Gasteiger partial charge in [0.2, 0.25) is 0 Å². The highest BCUT2D eigenvalue weighted by Crippen LogP contribution is 2.30. The van der Waals surface area contributed by atoms with Crippen molar-refractivity contribution < 1.29 is 13.3 Å².